The number of benzene rings is 1. The minimum absolute atomic E-state index is 0.120. The highest BCUT2D eigenvalue weighted by molar-refractivity contribution is 5.80. The maximum Gasteiger partial charge on any atom is 0.290 e. The van der Waals surface area contributed by atoms with Crippen molar-refractivity contribution in [2.24, 2.45) is 5.73 Å². The lowest BCUT2D eigenvalue weighted by Crippen LogP contribution is -2.19. The van der Waals surface area contributed by atoms with E-state index in [0.29, 0.717) is 28.3 Å². The number of nitrogen functional groups attached to an aromatic ring is 1. The number of nitriles is 1. The van der Waals surface area contributed by atoms with Crippen molar-refractivity contribution >= 4 is 18.2 Å². The van der Waals surface area contributed by atoms with Crippen LogP contribution in [-0.4, -0.2) is 34.1 Å². The molecule has 9 nitrogen and oxygen atoms in total. The van der Waals surface area contributed by atoms with Crippen LogP contribution >= 0.6 is 0 Å². The normalized spacial score (nSPS) is 9.48. The summed E-state index contributed by atoms with van der Waals surface area (Å²) in [6.45, 7) is -0.480. The molecule has 0 aliphatic carbocycles. The van der Waals surface area contributed by atoms with Crippen molar-refractivity contribution in [3.8, 4) is 34.3 Å². The molecule has 0 spiro atoms. The van der Waals surface area contributed by atoms with E-state index in [2.05, 4.69) is 16.0 Å². The van der Waals surface area contributed by atoms with Crippen molar-refractivity contribution in [1.29, 1.82) is 5.26 Å². The lowest BCUT2D eigenvalue weighted by atomic mass is 9.99. The lowest BCUT2D eigenvalue weighted by molar-refractivity contribution is -0.123. The monoisotopic (exact) mass is 391 g/mol. The molecular formula is C20H17N5O4. The van der Waals surface area contributed by atoms with Crippen LogP contribution in [0.4, 0.5) is 5.82 Å². The third-order valence-corrected chi connectivity index (χ3v) is 3.61. The van der Waals surface area contributed by atoms with Gasteiger partial charge in [-0.1, -0.05) is 18.2 Å². The molecule has 3 aromatic rings. The molecule has 0 aliphatic heterocycles. The summed E-state index contributed by atoms with van der Waals surface area (Å²) in [4.78, 5) is 27.8. The van der Waals surface area contributed by atoms with E-state index < -0.39 is 5.91 Å². The molecule has 0 saturated heterocycles. The number of carbonyl (C=O) groups is 2. The summed E-state index contributed by atoms with van der Waals surface area (Å²) in [5, 5.41) is 16.4. The van der Waals surface area contributed by atoms with Gasteiger partial charge in [0.1, 0.15) is 23.2 Å². The number of amides is 1. The Labute approximate surface area is 166 Å². The van der Waals surface area contributed by atoms with Gasteiger partial charge in [0.15, 0.2) is 6.61 Å². The molecule has 0 fully saturated rings. The number of pyridine rings is 2. The SMILES string of the molecule is N#Cc1c(-c2cccc(OCC(N)=O)c2)cc(-c2ccccn2)nc1N.O=CO. The Hall–Kier alpha value is -4.45. The number of rotatable bonds is 5. The van der Waals surface area contributed by atoms with Gasteiger partial charge < -0.3 is 21.3 Å². The van der Waals surface area contributed by atoms with Crippen LogP contribution in [0.25, 0.3) is 22.5 Å². The van der Waals surface area contributed by atoms with Crippen LogP contribution in [0, 0.1) is 11.3 Å². The smallest absolute Gasteiger partial charge is 0.290 e. The van der Waals surface area contributed by atoms with E-state index in [0.717, 1.165) is 0 Å². The molecule has 1 amide bonds. The van der Waals surface area contributed by atoms with Gasteiger partial charge >= 0.3 is 0 Å². The fraction of sp³-hybridized carbons (Fsp3) is 0.0500. The van der Waals surface area contributed by atoms with E-state index in [-0.39, 0.29) is 24.5 Å². The molecule has 3 rings (SSSR count). The number of aromatic nitrogens is 2. The predicted octanol–water partition coefficient (Wildman–Crippen LogP) is 1.83. The largest absolute Gasteiger partial charge is 0.484 e. The number of primary amides is 1. The Kier molecular flexibility index (Phi) is 7.22. The Morgan fingerprint density at radius 3 is 2.59 bits per heavy atom. The number of carbonyl (C=O) groups excluding carboxylic acids is 1. The molecule has 0 aliphatic rings. The van der Waals surface area contributed by atoms with Crippen LogP contribution in [0.1, 0.15) is 5.56 Å². The number of anilines is 1. The molecular weight excluding hydrogens is 374 g/mol. The number of ether oxygens (including phenoxy) is 1. The topological polar surface area (TPSA) is 165 Å². The van der Waals surface area contributed by atoms with Crippen molar-refractivity contribution in [1.82, 2.24) is 9.97 Å². The van der Waals surface area contributed by atoms with Crippen LogP contribution < -0.4 is 16.2 Å². The quantitative estimate of drug-likeness (QED) is 0.554. The van der Waals surface area contributed by atoms with Crippen molar-refractivity contribution in [2.45, 2.75) is 0 Å². The van der Waals surface area contributed by atoms with E-state index in [4.69, 9.17) is 26.1 Å². The van der Waals surface area contributed by atoms with Gasteiger partial charge in [-0.25, -0.2) is 4.98 Å². The molecule has 5 N–H and O–H groups in total. The molecule has 0 saturated carbocycles. The third-order valence-electron chi connectivity index (χ3n) is 3.61. The van der Waals surface area contributed by atoms with Gasteiger partial charge in [0, 0.05) is 11.8 Å². The fourth-order valence-corrected chi connectivity index (χ4v) is 2.46. The highest BCUT2D eigenvalue weighted by Crippen LogP contribution is 2.32. The highest BCUT2D eigenvalue weighted by atomic mass is 16.5. The van der Waals surface area contributed by atoms with Gasteiger partial charge in [-0.05, 0) is 35.9 Å². The minimum atomic E-state index is -0.571. The number of hydrogen-bond acceptors (Lipinski definition) is 7. The summed E-state index contributed by atoms with van der Waals surface area (Å²) in [5.74, 6) is 0.00720. The zero-order valence-electron chi connectivity index (χ0n) is 15.1. The number of nitrogens with two attached hydrogens (primary N) is 2. The average molecular weight is 391 g/mol. The van der Waals surface area contributed by atoms with E-state index in [1.54, 1.807) is 36.5 Å². The zero-order chi connectivity index (χ0) is 21.2. The molecule has 0 radical (unpaired) electrons. The van der Waals surface area contributed by atoms with Crippen LogP contribution in [0.5, 0.6) is 5.75 Å². The summed E-state index contributed by atoms with van der Waals surface area (Å²) in [5.41, 5.74) is 13.9. The predicted molar refractivity (Wildman–Crippen MR) is 105 cm³/mol. The number of carboxylic acid groups (broad SMARTS) is 1. The first-order valence-electron chi connectivity index (χ1n) is 8.21. The second-order valence-corrected chi connectivity index (χ2v) is 5.53. The first-order valence-corrected chi connectivity index (χ1v) is 8.21. The maximum atomic E-state index is 10.9. The van der Waals surface area contributed by atoms with Crippen molar-refractivity contribution in [2.75, 3.05) is 12.3 Å². The first-order chi connectivity index (χ1) is 14.0. The Morgan fingerprint density at radius 2 is 1.97 bits per heavy atom. The van der Waals surface area contributed by atoms with Gasteiger partial charge in [0.2, 0.25) is 0 Å². The van der Waals surface area contributed by atoms with E-state index >= 15 is 0 Å². The summed E-state index contributed by atoms with van der Waals surface area (Å²) >= 11 is 0. The minimum Gasteiger partial charge on any atom is -0.484 e. The Bertz CT molecular complexity index is 1050. The number of hydrogen-bond donors (Lipinski definition) is 3. The van der Waals surface area contributed by atoms with Gasteiger partial charge in [0.25, 0.3) is 12.4 Å². The van der Waals surface area contributed by atoms with Gasteiger partial charge in [-0.3, -0.25) is 14.6 Å². The molecule has 0 unspecified atom stereocenters. The van der Waals surface area contributed by atoms with Gasteiger partial charge in [0.05, 0.1) is 11.4 Å². The molecule has 1 aromatic carbocycles. The second-order valence-electron chi connectivity index (χ2n) is 5.53. The first kappa shape index (κ1) is 20.9. The van der Waals surface area contributed by atoms with Crippen molar-refractivity contribution in [3.63, 3.8) is 0 Å². The van der Waals surface area contributed by atoms with Crippen LogP contribution in [0.15, 0.2) is 54.7 Å². The average Bonchev–Trinajstić information content (AvgIpc) is 2.73. The van der Waals surface area contributed by atoms with Crippen molar-refractivity contribution in [3.05, 3.63) is 60.3 Å². The van der Waals surface area contributed by atoms with Crippen LogP contribution in [0.3, 0.4) is 0 Å². The van der Waals surface area contributed by atoms with Crippen LogP contribution in [0.2, 0.25) is 0 Å². The lowest BCUT2D eigenvalue weighted by Gasteiger charge is -2.11. The molecule has 9 heteroatoms. The molecule has 146 valence electrons. The van der Waals surface area contributed by atoms with Crippen LogP contribution in [-0.2, 0) is 9.59 Å². The summed E-state index contributed by atoms with van der Waals surface area (Å²) in [6.07, 6.45) is 1.66. The van der Waals surface area contributed by atoms with Gasteiger partial charge in [-0.15, -0.1) is 0 Å². The summed E-state index contributed by atoms with van der Waals surface area (Å²) in [7, 11) is 0. The summed E-state index contributed by atoms with van der Waals surface area (Å²) in [6, 6.07) is 16.3. The molecule has 2 aromatic heterocycles. The summed E-state index contributed by atoms with van der Waals surface area (Å²) < 4.78 is 5.33. The standard InChI is InChI=1S/C19H15N5O2.CH2O2/c20-10-15-14(12-4-3-5-13(8-12)26-11-18(21)25)9-17(24-19(15)22)16-6-1-2-7-23-16;2-1-3/h1-9H,11H2,(H2,21,25)(H2,22,24);1H,(H,2,3). The zero-order valence-corrected chi connectivity index (χ0v) is 15.1. The Balaban J connectivity index is 0.000000941. The number of nitrogens with zero attached hydrogens (tertiary/aromatic N) is 3. The van der Waals surface area contributed by atoms with E-state index in [1.807, 2.05) is 18.2 Å². The van der Waals surface area contributed by atoms with Crippen molar-refractivity contribution < 1.29 is 19.4 Å². The maximum absolute atomic E-state index is 10.9. The van der Waals surface area contributed by atoms with E-state index in [9.17, 15) is 10.1 Å². The molecule has 29 heavy (non-hydrogen) atoms. The van der Waals surface area contributed by atoms with E-state index in [1.165, 1.54) is 0 Å². The molecule has 0 atom stereocenters. The van der Waals surface area contributed by atoms with Gasteiger partial charge in [-0.2, -0.15) is 5.26 Å². The Morgan fingerprint density at radius 1 is 1.21 bits per heavy atom. The molecule has 2 heterocycles. The highest BCUT2D eigenvalue weighted by Gasteiger charge is 2.14. The molecule has 0 bridgehead atoms. The fourth-order valence-electron chi connectivity index (χ4n) is 2.46. The second kappa shape index (κ2) is 10.0. The third kappa shape index (κ3) is 5.51.